The number of esters is 2. The van der Waals surface area contributed by atoms with Gasteiger partial charge in [0.25, 0.3) is 0 Å². The highest BCUT2D eigenvalue weighted by Gasteiger charge is 2.21. The molecule has 0 aliphatic rings. The number of thiocarbonyl (C=S) groups is 1. The maximum atomic E-state index is 11.7. The van der Waals surface area contributed by atoms with Gasteiger partial charge in [0, 0.05) is 24.2 Å². The van der Waals surface area contributed by atoms with Crippen molar-refractivity contribution in [2.75, 3.05) is 13.2 Å². The van der Waals surface area contributed by atoms with Gasteiger partial charge in [-0.2, -0.15) is 0 Å². The van der Waals surface area contributed by atoms with Crippen LogP contribution in [0.15, 0.2) is 36.3 Å². The molecule has 7 heteroatoms. The highest BCUT2D eigenvalue weighted by atomic mass is 32.1. The number of aromatic nitrogens is 1. The van der Waals surface area contributed by atoms with Crippen molar-refractivity contribution >= 4 is 29.1 Å². The average molecular weight is 308 g/mol. The van der Waals surface area contributed by atoms with Crippen molar-refractivity contribution in [2.24, 2.45) is 0 Å². The van der Waals surface area contributed by atoms with Gasteiger partial charge in [-0.3, -0.25) is 4.98 Å². The molecule has 0 saturated heterocycles. The highest BCUT2D eigenvalue weighted by Crippen LogP contribution is 2.03. The van der Waals surface area contributed by atoms with Crippen LogP contribution in [-0.2, 0) is 19.1 Å². The summed E-state index contributed by atoms with van der Waals surface area (Å²) in [5.74, 6) is -1.53. The molecule has 0 fully saturated rings. The van der Waals surface area contributed by atoms with Gasteiger partial charge in [-0.1, -0.05) is 12.2 Å². The van der Waals surface area contributed by atoms with Crippen LogP contribution in [-0.4, -0.2) is 35.1 Å². The number of carbonyl (C=O) groups excluding carboxylic acids is 2. The van der Waals surface area contributed by atoms with Gasteiger partial charge in [-0.15, -0.1) is 0 Å². The van der Waals surface area contributed by atoms with E-state index in [9.17, 15) is 9.59 Å². The van der Waals surface area contributed by atoms with Gasteiger partial charge >= 0.3 is 11.9 Å². The molecule has 1 N–H and O–H groups in total. The molecule has 0 amide bonds. The molecule has 0 aromatic carbocycles. The largest absolute Gasteiger partial charge is 0.462 e. The van der Waals surface area contributed by atoms with Crippen LogP contribution in [0.25, 0.3) is 0 Å². The average Bonchev–Trinajstić information content (AvgIpc) is 2.48. The molecule has 1 heterocycles. The zero-order valence-corrected chi connectivity index (χ0v) is 12.6. The maximum absolute atomic E-state index is 11.7. The second-order valence-corrected chi connectivity index (χ2v) is 4.12. The highest BCUT2D eigenvalue weighted by molar-refractivity contribution is 7.80. The number of carbonyl (C=O) groups is 2. The van der Waals surface area contributed by atoms with Gasteiger partial charge in [0.1, 0.15) is 4.99 Å². The smallest absolute Gasteiger partial charge is 0.347 e. The van der Waals surface area contributed by atoms with Crippen molar-refractivity contribution < 1.29 is 19.1 Å². The minimum Gasteiger partial charge on any atom is -0.462 e. The molecule has 1 rings (SSSR count). The maximum Gasteiger partial charge on any atom is 0.347 e. The van der Waals surface area contributed by atoms with Crippen molar-refractivity contribution in [3.63, 3.8) is 0 Å². The number of hydrogen-bond acceptors (Lipinski definition) is 6. The lowest BCUT2D eigenvalue weighted by atomic mass is 10.2. The van der Waals surface area contributed by atoms with Gasteiger partial charge in [-0.25, -0.2) is 9.59 Å². The molecule has 21 heavy (non-hydrogen) atoms. The van der Waals surface area contributed by atoms with E-state index in [1.165, 1.54) is 6.20 Å². The minimum absolute atomic E-state index is 0.157. The van der Waals surface area contributed by atoms with E-state index in [4.69, 9.17) is 21.7 Å². The monoisotopic (exact) mass is 308 g/mol. The Hall–Kier alpha value is -2.28. The molecule has 0 saturated carbocycles. The number of nitrogens with zero attached hydrogens (tertiary/aromatic N) is 1. The van der Waals surface area contributed by atoms with Crippen molar-refractivity contribution in [3.8, 4) is 0 Å². The molecular weight excluding hydrogens is 292 g/mol. The first-order valence-corrected chi connectivity index (χ1v) is 6.76. The lowest BCUT2D eigenvalue weighted by molar-refractivity contribution is -0.146. The van der Waals surface area contributed by atoms with E-state index in [0.717, 1.165) is 0 Å². The van der Waals surface area contributed by atoms with Crippen LogP contribution in [0.4, 0.5) is 0 Å². The minimum atomic E-state index is -0.763. The van der Waals surface area contributed by atoms with Gasteiger partial charge in [0.2, 0.25) is 0 Å². The molecule has 0 atom stereocenters. The fourth-order valence-electron chi connectivity index (χ4n) is 1.34. The Labute approximate surface area is 128 Å². The van der Waals surface area contributed by atoms with E-state index in [-0.39, 0.29) is 18.8 Å². The molecule has 0 unspecified atom stereocenters. The summed E-state index contributed by atoms with van der Waals surface area (Å²) in [7, 11) is 0. The summed E-state index contributed by atoms with van der Waals surface area (Å²) in [6, 6.07) is 3.41. The lowest BCUT2D eigenvalue weighted by Gasteiger charge is -2.08. The normalized spacial score (nSPS) is 9.43. The third kappa shape index (κ3) is 5.31. The summed E-state index contributed by atoms with van der Waals surface area (Å²) in [4.78, 5) is 27.7. The lowest BCUT2D eigenvalue weighted by Crippen LogP contribution is -2.24. The predicted molar refractivity (Wildman–Crippen MR) is 80.4 cm³/mol. The Balaban J connectivity index is 2.85. The van der Waals surface area contributed by atoms with Gasteiger partial charge in [-0.05, 0) is 26.0 Å². The Bertz CT molecular complexity index is 523. The van der Waals surface area contributed by atoms with Crippen LogP contribution in [0.5, 0.6) is 0 Å². The number of hydrogen-bond donors (Lipinski definition) is 1. The van der Waals surface area contributed by atoms with E-state index in [0.29, 0.717) is 10.6 Å². The van der Waals surface area contributed by atoms with Gasteiger partial charge in [0.05, 0.1) is 13.2 Å². The van der Waals surface area contributed by atoms with Crippen LogP contribution in [0.3, 0.4) is 0 Å². The molecule has 6 nitrogen and oxygen atoms in total. The van der Waals surface area contributed by atoms with Gasteiger partial charge < -0.3 is 14.8 Å². The quantitative estimate of drug-likeness (QED) is 0.279. The second-order valence-electron chi connectivity index (χ2n) is 3.71. The Morgan fingerprint density at radius 1 is 1.19 bits per heavy atom. The fraction of sp³-hybridized carbons (Fsp3) is 0.286. The van der Waals surface area contributed by atoms with Crippen molar-refractivity contribution in [1.29, 1.82) is 0 Å². The van der Waals surface area contributed by atoms with E-state index < -0.39 is 11.9 Å². The standard InChI is InChI=1S/C14H16N2O4S/c1-3-19-13(17)11(14(18)20-4-2)9-16-12(21)10-5-7-15-8-6-10/h5-9H,3-4H2,1-2H3,(H,16,21). The van der Waals surface area contributed by atoms with Gasteiger partial charge in [0.15, 0.2) is 5.57 Å². The van der Waals surface area contributed by atoms with E-state index >= 15 is 0 Å². The Morgan fingerprint density at radius 3 is 2.19 bits per heavy atom. The number of ether oxygens (including phenoxy) is 2. The fourth-order valence-corrected chi connectivity index (χ4v) is 1.54. The summed E-state index contributed by atoms with van der Waals surface area (Å²) in [6.45, 7) is 3.61. The summed E-state index contributed by atoms with van der Waals surface area (Å²) in [5, 5.41) is 2.72. The molecule has 1 aromatic rings. The molecule has 112 valence electrons. The predicted octanol–water partition coefficient (Wildman–Crippen LogP) is 1.36. The van der Waals surface area contributed by atoms with Crippen LogP contribution >= 0.6 is 12.2 Å². The van der Waals surface area contributed by atoms with Crippen molar-refractivity contribution in [3.05, 3.63) is 41.9 Å². The van der Waals surface area contributed by atoms with Crippen LogP contribution in [0.1, 0.15) is 19.4 Å². The first-order valence-electron chi connectivity index (χ1n) is 6.35. The molecule has 0 aliphatic heterocycles. The number of nitrogens with one attached hydrogen (secondary N) is 1. The third-order valence-electron chi connectivity index (χ3n) is 2.28. The first kappa shape index (κ1) is 16.8. The molecular formula is C14H16N2O4S. The molecule has 0 spiro atoms. The summed E-state index contributed by atoms with van der Waals surface area (Å²) < 4.78 is 9.62. The SMILES string of the molecule is CCOC(=O)C(=CNC(=S)c1ccncc1)C(=O)OCC. The van der Waals surface area contributed by atoms with E-state index in [2.05, 4.69) is 10.3 Å². The summed E-state index contributed by atoms with van der Waals surface area (Å²) in [5.41, 5.74) is 0.471. The van der Waals surface area contributed by atoms with Crippen molar-refractivity contribution in [2.45, 2.75) is 13.8 Å². The zero-order chi connectivity index (χ0) is 15.7. The molecule has 0 bridgehead atoms. The topological polar surface area (TPSA) is 77.5 Å². The van der Waals surface area contributed by atoms with Crippen molar-refractivity contribution in [1.82, 2.24) is 10.3 Å². The Kier molecular flexibility index (Phi) is 7.03. The molecule has 0 aliphatic carbocycles. The van der Waals surface area contributed by atoms with E-state index in [1.807, 2.05) is 0 Å². The van der Waals surface area contributed by atoms with Crippen LogP contribution in [0.2, 0.25) is 0 Å². The van der Waals surface area contributed by atoms with Crippen LogP contribution in [0, 0.1) is 0 Å². The molecule has 0 radical (unpaired) electrons. The third-order valence-corrected chi connectivity index (χ3v) is 2.63. The van der Waals surface area contributed by atoms with E-state index in [1.54, 1.807) is 38.4 Å². The second kappa shape index (κ2) is 8.80. The zero-order valence-electron chi connectivity index (χ0n) is 11.8. The van der Waals surface area contributed by atoms with Crippen LogP contribution < -0.4 is 5.32 Å². The number of pyridine rings is 1. The Morgan fingerprint density at radius 2 is 1.71 bits per heavy atom. The first-order chi connectivity index (χ1) is 10.1. The molecule has 1 aromatic heterocycles. The number of rotatable bonds is 6. The summed E-state index contributed by atoms with van der Waals surface area (Å²) >= 11 is 5.15. The summed E-state index contributed by atoms with van der Waals surface area (Å²) in [6.07, 6.45) is 4.37.